The summed E-state index contributed by atoms with van der Waals surface area (Å²) < 4.78 is 0. The minimum atomic E-state index is 0. The van der Waals surface area contributed by atoms with Gasteiger partial charge in [-0.2, -0.15) is 5.10 Å². The fraction of sp³-hybridized carbons (Fsp3) is 0.167. The number of anilines is 1. The first-order valence-corrected chi connectivity index (χ1v) is 5.27. The second-order valence-electron chi connectivity index (χ2n) is 3.80. The molecule has 0 bridgehead atoms. The van der Waals surface area contributed by atoms with Crippen LogP contribution < -0.4 is 5.73 Å². The number of hydrogen-bond acceptors (Lipinski definition) is 4. The maximum atomic E-state index is 5.65. The summed E-state index contributed by atoms with van der Waals surface area (Å²) in [6, 6.07) is 7.74. The standard InChI is InChI=1S/C12H12N4.ClH/c13-10-3-1-9(2-4-10)11-5-6-12-14-7-8-16(12)15-11;/h1-6H,7-8,13H2;1H. The molecule has 88 valence electrons. The zero-order chi connectivity index (χ0) is 11.0. The Morgan fingerprint density at radius 1 is 1.12 bits per heavy atom. The van der Waals surface area contributed by atoms with Crippen LogP contribution in [0.4, 0.5) is 5.69 Å². The van der Waals surface area contributed by atoms with Crippen LogP contribution in [-0.4, -0.2) is 29.6 Å². The van der Waals surface area contributed by atoms with E-state index in [1.807, 2.05) is 41.4 Å². The molecule has 0 aromatic heterocycles. The minimum Gasteiger partial charge on any atom is -0.399 e. The number of fused-ring (bicyclic) bond motifs is 1. The third kappa shape index (κ3) is 2.17. The Morgan fingerprint density at radius 2 is 1.88 bits per heavy atom. The van der Waals surface area contributed by atoms with Gasteiger partial charge in [0.25, 0.3) is 0 Å². The zero-order valence-electron chi connectivity index (χ0n) is 9.21. The molecule has 0 saturated carbocycles. The molecular weight excluding hydrogens is 236 g/mol. The lowest BCUT2D eigenvalue weighted by atomic mass is 10.1. The number of amidine groups is 1. The first kappa shape index (κ1) is 11.7. The fourth-order valence-electron chi connectivity index (χ4n) is 1.82. The normalized spacial score (nSPS) is 17.1. The van der Waals surface area contributed by atoms with E-state index in [2.05, 4.69) is 10.1 Å². The van der Waals surface area contributed by atoms with Crippen molar-refractivity contribution in [1.29, 1.82) is 0 Å². The van der Waals surface area contributed by atoms with Gasteiger partial charge >= 0.3 is 0 Å². The maximum absolute atomic E-state index is 5.65. The van der Waals surface area contributed by atoms with Crippen molar-refractivity contribution in [2.75, 3.05) is 18.8 Å². The maximum Gasteiger partial charge on any atom is 0.144 e. The molecule has 0 amide bonds. The highest BCUT2D eigenvalue weighted by Crippen LogP contribution is 2.14. The molecule has 1 aromatic carbocycles. The van der Waals surface area contributed by atoms with Gasteiger partial charge in [-0.3, -0.25) is 4.99 Å². The Kier molecular flexibility index (Phi) is 3.15. The van der Waals surface area contributed by atoms with E-state index in [4.69, 9.17) is 5.73 Å². The van der Waals surface area contributed by atoms with Gasteiger partial charge < -0.3 is 5.73 Å². The summed E-state index contributed by atoms with van der Waals surface area (Å²) in [5.74, 6) is 0.958. The lowest BCUT2D eigenvalue weighted by Gasteiger charge is -2.17. The molecule has 0 radical (unpaired) electrons. The van der Waals surface area contributed by atoms with Gasteiger partial charge in [0, 0.05) is 11.3 Å². The third-order valence-corrected chi connectivity index (χ3v) is 2.68. The molecule has 2 heterocycles. The molecule has 0 atom stereocenters. The van der Waals surface area contributed by atoms with E-state index in [-0.39, 0.29) is 12.4 Å². The summed E-state index contributed by atoms with van der Waals surface area (Å²) in [5.41, 5.74) is 8.46. The Hall–Kier alpha value is -1.81. The van der Waals surface area contributed by atoms with Crippen molar-refractivity contribution < 1.29 is 0 Å². The van der Waals surface area contributed by atoms with E-state index in [1.165, 1.54) is 0 Å². The Balaban J connectivity index is 0.00000108. The monoisotopic (exact) mass is 248 g/mol. The number of halogens is 1. The van der Waals surface area contributed by atoms with Crippen molar-refractivity contribution in [3.8, 4) is 0 Å². The van der Waals surface area contributed by atoms with Gasteiger partial charge in [0.05, 0.1) is 18.8 Å². The van der Waals surface area contributed by atoms with Gasteiger partial charge in [-0.1, -0.05) is 12.1 Å². The van der Waals surface area contributed by atoms with Crippen molar-refractivity contribution in [2.45, 2.75) is 0 Å². The van der Waals surface area contributed by atoms with Gasteiger partial charge in [-0.05, 0) is 24.3 Å². The largest absolute Gasteiger partial charge is 0.399 e. The molecule has 0 spiro atoms. The van der Waals surface area contributed by atoms with Crippen LogP contribution in [0.2, 0.25) is 0 Å². The Bertz CT molecular complexity index is 502. The molecule has 0 aliphatic carbocycles. The van der Waals surface area contributed by atoms with E-state index in [9.17, 15) is 0 Å². The highest BCUT2D eigenvalue weighted by molar-refractivity contribution is 6.14. The Labute approximate surface area is 106 Å². The quantitative estimate of drug-likeness (QED) is 0.769. The number of rotatable bonds is 1. The highest BCUT2D eigenvalue weighted by Gasteiger charge is 2.18. The van der Waals surface area contributed by atoms with Crippen LogP contribution >= 0.6 is 12.4 Å². The van der Waals surface area contributed by atoms with Crippen LogP contribution in [-0.2, 0) is 0 Å². The average molecular weight is 249 g/mol. The number of nitrogens with two attached hydrogens (primary N) is 1. The van der Waals surface area contributed by atoms with Crippen molar-refractivity contribution in [1.82, 2.24) is 5.01 Å². The molecule has 0 unspecified atom stereocenters. The third-order valence-electron chi connectivity index (χ3n) is 2.68. The zero-order valence-corrected chi connectivity index (χ0v) is 10.0. The minimum absolute atomic E-state index is 0. The van der Waals surface area contributed by atoms with Gasteiger partial charge in [0.15, 0.2) is 0 Å². The molecule has 3 rings (SSSR count). The van der Waals surface area contributed by atoms with Gasteiger partial charge in [0.2, 0.25) is 0 Å². The van der Waals surface area contributed by atoms with Gasteiger partial charge in [-0.25, -0.2) is 5.01 Å². The van der Waals surface area contributed by atoms with Crippen molar-refractivity contribution in [3.05, 3.63) is 42.0 Å². The van der Waals surface area contributed by atoms with E-state index in [1.54, 1.807) is 0 Å². The lowest BCUT2D eigenvalue weighted by molar-refractivity contribution is 0.490. The van der Waals surface area contributed by atoms with Crippen LogP contribution in [0.25, 0.3) is 0 Å². The molecule has 2 aliphatic rings. The summed E-state index contributed by atoms with van der Waals surface area (Å²) in [7, 11) is 0. The second-order valence-corrected chi connectivity index (χ2v) is 3.80. The van der Waals surface area contributed by atoms with Gasteiger partial charge in [-0.15, -0.1) is 12.4 Å². The molecule has 1 aromatic rings. The highest BCUT2D eigenvalue weighted by atomic mass is 35.5. The SMILES string of the molecule is Cl.Nc1ccc(C2=NN3CCN=C3C=C2)cc1. The molecular formula is C12H13ClN4. The molecule has 4 nitrogen and oxygen atoms in total. The average Bonchev–Trinajstić information content (AvgIpc) is 2.77. The van der Waals surface area contributed by atoms with Crippen LogP contribution in [0, 0.1) is 0 Å². The first-order chi connectivity index (χ1) is 7.83. The molecule has 17 heavy (non-hydrogen) atoms. The predicted molar refractivity (Wildman–Crippen MR) is 72.8 cm³/mol. The number of hydrogen-bond donors (Lipinski definition) is 1. The topological polar surface area (TPSA) is 54.0 Å². The first-order valence-electron chi connectivity index (χ1n) is 5.27. The van der Waals surface area contributed by atoms with Crippen molar-refractivity contribution in [2.24, 2.45) is 10.1 Å². The van der Waals surface area contributed by atoms with Crippen LogP contribution in [0.5, 0.6) is 0 Å². The predicted octanol–water partition coefficient (Wildman–Crippen LogP) is 1.68. The van der Waals surface area contributed by atoms with Crippen LogP contribution in [0.3, 0.4) is 0 Å². The van der Waals surface area contributed by atoms with E-state index < -0.39 is 0 Å². The molecule has 2 aliphatic heterocycles. The molecule has 0 saturated heterocycles. The number of hydrazone groups is 1. The van der Waals surface area contributed by atoms with Crippen molar-refractivity contribution in [3.63, 3.8) is 0 Å². The summed E-state index contributed by atoms with van der Waals surface area (Å²) in [5, 5.41) is 6.47. The summed E-state index contributed by atoms with van der Waals surface area (Å²) in [6.07, 6.45) is 4.00. The van der Waals surface area contributed by atoms with Crippen molar-refractivity contribution >= 4 is 29.6 Å². The number of aliphatic imine (C=N–C) groups is 1. The van der Waals surface area contributed by atoms with Crippen LogP contribution in [0.15, 0.2) is 46.5 Å². The second kappa shape index (κ2) is 4.59. The summed E-state index contributed by atoms with van der Waals surface area (Å²) in [4.78, 5) is 4.33. The van der Waals surface area contributed by atoms with E-state index >= 15 is 0 Å². The summed E-state index contributed by atoms with van der Waals surface area (Å²) in [6.45, 7) is 1.70. The molecule has 5 heteroatoms. The van der Waals surface area contributed by atoms with Gasteiger partial charge in [0.1, 0.15) is 5.84 Å². The molecule has 0 fully saturated rings. The van der Waals surface area contributed by atoms with E-state index in [0.717, 1.165) is 35.9 Å². The fourth-order valence-corrected chi connectivity index (χ4v) is 1.82. The van der Waals surface area contributed by atoms with E-state index in [0.29, 0.717) is 0 Å². The smallest absolute Gasteiger partial charge is 0.144 e. The molecule has 2 N–H and O–H groups in total. The summed E-state index contributed by atoms with van der Waals surface area (Å²) >= 11 is 0. The Morgan fingerprint density at radius 3 is 2.65 bits per heavy atom. The number of allylic oxidation sites excluding steroid dienone is 1. The van der Waals surface area contributed by atoms with Crippen LogP contribution in [0.1, 0.15) is 5.56 Å². The lowest BCUT2D eigenvalue weighted by Crippen LogP contribution is -2.25. The number of benzene rings is 1. The number of nitrogens with zero attached hydrogens (tertiary/aromatic N) is 3. The number of nitrogen functional groups attached to an aromatic ring is 1.